The van der Waals surface area contributed by atoms with Gasteiger partial charge in [0.15, 0.2) is 0 Å². The van der Waals surface area contributed by atoms with Gasteiger partial charge in [-0.2, -0.15) is 4.37 Å². The number of allylic oxidation sites excluding steroid dienone is 1. The SMILES string of the molecule is CC(C)C1=NC=C(c2ccc3c(c2)c2cnsc2c2cc(-c4cnc(C(C)C)[nH]4)ccc32)C1. The number of rotatable bonds is 4. The van der Waals surface area contributed by atoms with Crippen molar-refractivity contribution in [1.82, 2.24) is 14.3 Å². The first-order chi connectivity index (χ1) is 16.0. The molecule has 3 heterocycles. The number of H-pyrrole nitrogens is 1. The van der Waals surface area contributed by atoms with Gasteiger partial charge in [-0.15, -0.1) is 0 Å². The number of aliphatic imine (C=N–C) groups is 1. The molecule has 0 bridgehead atoms. The van der Waals surface area contributed by atoms with E-state index in [0.717, 1.165) is 23.5 Å². The summed E-state index contributed by atoms with van der Waals surface area (Å²) in [5, 5.41) is 6.26. The Balaban J connectivity index is 1.51. The lowest BCUT2D eigenvalue weighted by Crippen LogP contribution is -2.04. The number of aromatic amines is 1. The molecule has 0 saturated heterocycles. The molecule has 1 aliphatic rings. The van der Waals surface area contributed by atoms with Crippen LogP contribution in [0.4, 0.5) is 0 Å². The van der Waals surface area contributed by atoms with Crippen LogP contribution in [-0.4, -0.2) is 20.1 Å². The zero-order chi connectivity index (χ0) is 22.7. The maximum atomic E-state index is 4.66. The first kappa shape index (κ1) is 20.3. The van der Waals surface area contributed by atoms with E-state index in [1.807, 2.05) is 18.6 Å². The van der Waals surface area contributed by atoms with Gasteiger partial charge in [0.05, 0.1) is 16.6 Å². The van der Waals surface area contributed by atoms with Crippen molar-refractivity contribution in [1.29, 1.82) is 0 Å². The van der Waals surface area contributed by atoms with Crippen LogP contribution in [0.1, 0.15) is 51.4 Å². The first-order valence-electron chi connectivity index (χ1n) is 11.5. The largest absolute Gasteiger partial charge is 0.342 e. The van der Waals surface area contributed by atoms with E-state index in [-0.39, 0.29) is 0 Å². The van der Waals surface area contributed by atoms with Crippen LogP contribution in [0.15, 0.2) is 60.0 Å². The second-order valence-electron chi connectivity index (χ2n) is 9.53. The van der Waals surface area contributed by atoms with E-state index in [4.69, 9.17) is 0 Å². The quantitative estimate of drug-likeness (QED) is 0.282. The topological polar surface area (TPSA) is 53.9 Å². The zero-order valence-electron chi connectivity index (χ0n) is 19.3. The number of benzene rings is 3. The summed E-state index contributed by atoms with van der Waals surface area (Å²) in [5.41, 5.74) is 6.03. The minimum absolute atomic E-state index is 0.377. The van der Waals surface area contributed by atoms with Gasteiger partial charge in [-0.05, 0) is 56.9 Å². The van der Waals surface area contributed by atoms with Crippen molar-refractivity contribution in [3.63, 3.8) is 0 Å². The summed E-state index contributed by atoms with van der Waals surface area (Å²) in [4.78, 5) is 12.7. The summed E-state index contributed by atoms with van der Waals surface area (Å²) in [6.45, 7) is 8.73. The fourth-order valence-corrected chi connectivity index (χ4v) is 5.51. The van der Waals surface area contributed by atoms with Gasteiger partial charge in [0.1, 0.15) is 5.82 Å². The number of hydrogen-bond acceptors (Lipinski definition) is 4. The predicted octanol–water partition coefficient (Wildman–Crippen LogP) is 7.96. The van der Waals surface area contributed by atoms with Crippen LogP contribution in [0.5, 0.6) is 0 Å². The summed E-state index contributed by atoms with van der Waals surface area (Å²) in [5.74, 6) is 1.88. The van der Waals surface area contributed by atoms with Crippen molar-refractivity contribution in [2.24, 2.45) is 10.9 Å². The van der Waals surface area contributed by atoms with E-state index in [2.05, 4.69) is 83.4 Å². The van der Waals surface area contributed by atoms with E-state index >= 15 is 0 Å². The number of hydrogen-bond donors (Lipinski definition) is 1. The van der Waals surface area contributed by atoms with Gasteiger partial charge >= 0.3 is 0 Å². The summed E-state index contributed by atoms with van der Waals surface area (Å²) >= 11 is 1.57. The molecule has 164 valence electrons. The lowest BCUT2D eigenvalue weighted by Gasteiger charge is -2.11. The van der Waals surface area contributed by atoms with E-state index in [9.17, 15) is 0 Å². The van der Waals surface area contributed by atoms with Gasteiger partial charge in [0.25, 0.3) is 0 Å². The number of imidazole rings is 1. The highest BCUT2D eigenvalue weighted by Gasteiger charge is 2.17. The third-order valence-corrected chi connectivity index (χ3v) is 7.52. The molecule has 0 unspecified atom stereocenters. The minimum Gasteiger partial charge on any atom is -0.342 e. The van der Waals surface area contributed by atoms with Gasteiger partial charge in [-0.3, -0.25) is 4.99 Å². The molecule has 0 radical (unpaired) electrons. The molecule has 5 aromatic rings. The van der Waals surface area contributed by atoms with Crippen molar-refractivity contribution in [2.45, 2.75) is 40.0 Å². The molecule has 1 N–H and O–H groups in total. The zero-order valence-corrected chi connectivity index (χ0v) is 20.1. The molecule has 0 amide bonds. The second kappa shape index (κ2) is 7.63. The number of nitrogens with one attached hydrogen (secondary N) is 1. The summed E-state index contributed by atoms with van der Waals surface area (Å²) in [6, 6.07) is 13.6. The Labute approximate surface area is 197 Å². The Morgan fingerprint density at radius 1 is 0.818 bits per heavy atom. The molecule has 0 atom stereocenters. The third kappa shape index (κ3) is 3.30. The highest BCUT2D eigenvalue weighted by Crippen LogP contribution is 2.40. The fraction of sp³-hybridized carbons (Fsp3) is 0.250. The first-order valence-corrected chi connectivity index (χ1v) is 12.3. The molecule has 1 aliphatic heterocycles. The fourth-order valence-electron chi connectivity index (χ4n) is 4.72. The number of aromatic nitrogens is 3. The van der Waals surface area contributed by atoms with Crippen molar-refractivity contribution in [3.8, 4) is 11.3 Å². The van der Waals surface area contributed by atoms with Crippen molar-refractivity contribution in [3.05, 3.63) is 66.4 Å². The molecule has 5 heteroatoms. The van der Waals surface area contributed by atoms with Crippen LogP contribution in [0.25, 0.3) is 48.5 Å². The standard InChI is InChI=1S/C28H26N4S/c1-15(2)25-11-19(12-29-25)17-5-7-20-21-8-6-18(26-14-30-28(32-26)16(3)4)10-23(21)27-24(13-31-33-27)22(20)9-17/h5-10,12-16H,11H2,1-4H3,(H,30,32). The molecule has 0 aliphatic carbocycles. The molecular formula is C28H26N4S. The Bertz CT molecular complexity index is 1600. The van der Waals surface area contributed by atoms with E-state index in [1.165, 1.54) is 48.5 Å². The Kier molecular flexibility index (Phi) is 4.70. The molecule has 3 aromatic carbocycles. The van der Waals surface area contributed by atoms with Crippen LogP contribution >= 0.6 is 11.5 Å². The molecule has 0 fully saturated rings. The molecule has 0 saturated carbocycles. The molecule has 0 spiro atoms. The van der Waals surface area contributed by atoms with E-state index in [0.29, 0.717) is 11.8 Å². The highest BCUT2D eigenvalue weighted by molar-refractivity contribution is 7.14. The van der Waals surface area contributed by atoms with Crippen molar-refractivity contribution in [2.75, 3.05) is 0 Å². The minimum atomic E-state index is 0.377. The second-order valence-corrected chi connectivity index (χ2v) is 10.3. The monoisotopic (exact) mass is 450 g/mol. The number of fused-ring (bicyclic) bond motifs is 6. The Morgan fingerprint density at radius 3 is 2.30 bits per heavy atom. The maximum Gasteiger partial charge on any atom is 0.109 e. The van der Waals surface area contributed by atoms with Crippen LogP contribution in [0.3, 0.4) is 0 Å². The average molecular weight is 451 g/mol. The van der Waals surface area contributed by atoms with Crippen LogP contribution in [0.2, 0.25) is 0 Å². The highest BCUT2D eigenvalue weighted by atomic mass is 32.1. The number of nitrogens with zero attached hydrogens (tertiary/aromatic N) is 3. The Morgan fingerprint density at radius 2 is 1.58 bits per heavy atom. The van der Waals surface area contributed by atoms with Crippen LogP contribution in [0, 0.1) is 5.92 Å². The van der Waals surface area contributed by atoms with Gasteiger partial charge < -0.3 is 4.98 Å². The molecular weight excluding hydrogens is 424 g/mol. The maximum absolute atomic E-state index is 4.66. The summed E-state index contributed by atoms with van der Waals surface area (Å²) in [6.07, 6.45) is 6.94. The van der Waals surface area contributed by atoms with E-state index in [1.54, 1.807) is 11.5 Å². The smallest absolute Gasteiger partial charge is 0.109 e. The Hall–Kier alpha value is -3.31. The average Bonchev–Trinajstić information content (AvgIpc) is 3.59. The van der Waals surface area contributed by atoms with E-state index < -0.39 is 0 Å². The van der Waals surface area contributed by atoms with Gasteiger partial charge in [-0.1, -0.05) is 52.0 Å². The van der Waals surface area contributed by atoms with Crippen molar-refractivity contribution < 1.29 is 0 Å². The van der Waals surface area contributed by atoms with Crippen molar-refractivity contribution >= 4 is 54.4 Å². The molecule has 4 nitrogen and oxygen atoms in total. The summed E-state index contributed by atoms with van der Waals surface area (Å²) in [7, 11) is 0. The van der Waals surface area contributed by atoms with Crippen LogP contribution < -0.4 is 0 Å². The van der Waals surface area contributed by atoms with Gasteiger partial charge in [0.2, 0.25) is 0 Å². The van der Waals surface area contributed by atoms with Crippen LogP contribution in [-0.2, 0) is 0 Å². The summed E-state index contributed by atoms with van der Waals surface area (Å²) < 4.78 is 5.81. The molecule has 2 aromatic heterocycles. The molecule has 33 heavy (non-hydrogen) atoms. The predicted molar refractivity (Wildman–Crippen MR) is 141 cm³/mol. The lowest BCUT2D eigenvalue weighted by atomic mass is 9.92. The van der Waals surface area contributed by atoms with Gasteiger partial charge in [0, 0.05) is 46.8 Å². The lowest BCUT2D eigenvalue weighted by molar-refractivity contribution is 0.795. The normalized spacial score (nSPS) is 14.2. The van der Waals surface area contributed by atoms with Gasteiger partial charge in [-0.25, -0.2) is 4.98 Å². The third-order valence-electron chi connectivity index (χ3n) is 6.68. The molecule has 6 rings (SSSR count).